The summed E-state index contributed by atoms with van der Waals surface area (Å²) in [5.41, 5.74) is 2.26. The lowest BCUT2D eigenvalue weighted by atomic mass is 10.1. The molecule has 0 amide bonds. The van der Waals surface area contributed by atoms with Crippen molar-refractivity contribution in [2.75, 3.05) is 20.8 Å². The second-order valence-electron chi connectivity index (χ2n) is 5.98. The zero-order valence-corrected chi connectivity index (χ0v) is 15.8. The quantitative estimate of drug-likeness (QED) is 0.494. The van der Waals surface area contributed by atoms with Gasteiger partial charge in [0.1, 0.15) is 11.5 Å². The van der Waals surface area contributed by atoms with Gasteiger partial charge in [0, 0.05) is 10.9 Å². The van der Waals surface area contributed by atoms with Crippen LogP contribution in [0.2, 0.25) is 0 Å². The van der Waals surface area contributed by atoms with E-state index in [1.54, 1.807) is 14.2 Å². The van der Waals surface area contributed by atoms with Crippen molar-refractivity contribution in [1.29, 1.82) is 0 Å². The van der Waals surface area contributed by atoms with E-state index in [0.29, 0.717) is 29.8 Å². The Kier molecular flexibility index (Phi) is 4.80. The van der Waals surface area contributed by atoms with Gasteiger partial charge in [-0.3, -0.25) is 0 Å². The minimum atomic E-state index is 0.408. The van der Waals surface area contributed by atoms with Crippen LogP contribution >= 0.6 is 0 Å². The predicted octanol–water partition coefficient (Wildman–Crippen LogP) is 4.37. The maximum absolute atomic E-state index is 5.72. The predicted molar refractivity (Wildman–Crippen MR) is 105 cm³/mol. The third kappa shape index (κ3) is 3.34. The number of rotatable bonds is 6. The van der Waals surface area contributed by atoms with E-state index in [0.717, 1.165) is 28.0 Å². The number of aromatic nitrogens is 3. The largest absolute Gasteiger partial charge is 0.497 e. The molecule has 0 unspecified atom stereocenters. The molecule has 7 heteroatoms. The van der Waals surface area contributed by atoms with Crippen molar-refractivity contribution in [2.24, 2.45) is 0 Å². The van der Waals surface area contributed by atoms with Crippen molar-refractivity contribution in [3.63, 3.8) is 0 Å². The van der Waals surface area contributed by atoms with Gasteiger partial charge in [0.15, 0.2) is 0 Å². The van der Waals surface area contributed by atoms with Crippen LogP contribution < -0.4 is 14.2 Å². The number of ether oxygens (including phenoxy) is 3. The Hall–Kier alpha value is -3.61. The fraction of sp³-hybridized carbons (Fsp3) is 0.190. The van der Waals surface area contributed by atoms with Gasteiger partial charge in [-0.05, 0) is 55.5 Å². The fourth-order valence-electron chi connectivity index (χ4n) is 2.85. The Morgan fingerprint density at radius 2 is 1.64 bits per heavy atom. The molecule has 0 aliphatic heterocycles. The molecule has 0 spiro atoms. The van der Waals surface area contributed by atoms with Crippen LogP contribution in [0.5, 0.6) is 17.4 Å². The summed E-state index contributed by atoms with van der Waals surface area (Å²) >= 11 is 0. The lowest BCUT2D eigenvalue weighted by Gasteiger charge is -2.09. The standard InChI is InChI=1S/C21H19N3O4/c1-4-27-21-17(12-14-11-16(26-3)9-10-18(14)22-21)19-23-20(28-24-19)13-5-7-15(25-2)8-6-13/h5-12H,4H2,1-3H3. The highest BCUT2D eigenvalue weighted by molar-refractivity contribution is 5.86. The molecule has 7 nitrogen and oxygen atoms in total. The van der Waals surface area contributed by atoms with E-state index in [1.165, 1.54) is 0 Å². The first kappa shape index (κ1) is 17.8. The fourth-order valence-corrected chi connectivity index (χ4v) is 2.85. The lowest BCUT2D eigenvalue weighted by molar-refractivity contribution is 0.329. The van der Waals surface area contributed by atoms with E-state index in [-0.39, 0.29) is 0 Å². The number of benzene rings is 2. The van der Waals surface area contributed by atoms with Crippen LogP contribution in [0.3, 0.4) is 0 Å². The van der Waals surface area contributed by atoms with Crippen molar-refractivity contribution >= 4 is 10.9 Å². The summed E-state index contributed by atoms with van der Waals surface area (Å²) in [6, 6.07) is 15.0. The molecule has 4 rings (SSSR count). The van der Waals surface area contributed by atoms with Crippen LogP contribution in [0.25, 0.3) is 33.7 Å². The highest BCUT2D eigenvalue weighted by atomic mass is 16.5. The highest BCUT2D eigenvalue weighted by Gasteiger charge is 2.17. The van der Waals surface area contributed by atoms with E-state index in [4.69, 9.17) is 18.7 Å². The number of pyridine rings is 1. The first-order valence-corrected chi connectivity index (χ1v) is 8.82. The second-order valence-corrected chi connectivity index (χ2v) is 5.98. The van der Waals surface area contributed by atoms with Crippen LogP contribution in [-0.2, 0) is 0 Å². The van der Waals surface area contributed by atoms with Gasteiger partial charge in [-0.2, -0.15) is 4.98 Å². The van der Waals surface area contributed by atoms with Gasteiger partial charge in [0.05, 0.1) is 31.9 Å². The minimum absolute atomic E-state index is 0.408. The highest BCUT2D eigenvalue weighted by Crippen LogP contribution is 2.33. The summed E-state index contributed by atoms with van der Waals surface area (Å²) in [4.78, 5) is 9.13. The zero-order valence-electron chi connectivity index (χ0n) is 15.8. The average molecular weight is 377 g/mol. The Morgan fingerprint density at radius 3 is 2.36 bits per heavy atom. The molecule has 4 aromatic rings. The molecule has 0 bridgehead atoms. The Morgan fingerprint density at radius 1 is 0.893 bits per heavy atom. The normalized spacial score (nSPS) is 10.8. The van der Waals surface area contributed by atoms with Crippen molar-refractivity contribution in [3.8, 4) is 40.2 Å². The summed E-state index contributed by atoms with van der Waals surface area (Å²) in [5, 5.41) is 5.03. The first-order chi connectivity index (χ1) is 13.7. The minimum Gasteiger partial charge on any atom is -0.497 e. The number of fused-ring (bicyclic) bond motifs is 1. The molecule has 2 aromatic heterocycles. The molecule has 0 aliphatic rings. The Labute approximate surface area is 161 Å². The third-order valence-electron chi connectivity index (χ3n) is 4.27. The van der Waals surface area contributed by atoms with Gasteiger partial charge < -0.3 is 18.7 Å². The molecule has 142 valence electrons. The molecular weight excluding hydrogens is 358 g/mol. The summed E-state index contributed by atoms with van der Waals surface area (Å²) in [6.45, 7) is 2.38. The van der Waals surface area contributed by atoms with Gasteiger partial charge in [0.25, 0.3) is 5.89 Å². The van der Waals surface area contributed by atoms with Gasteiger partial charge >= 0.3 is 0 Å². The monoisotopic (exact) mass is 377 g/mol. The van der Waals surface area contributed by atoms with E-state index in [1.807, 2.05) is 55.5 Å². The molecule has 0 saturated carbocycles. The second kappa shape index (κ2) is 7.56. The molecular formula is C21H19N3O4. The van der Waals surface area contributed by atoms with E-state index in [2.05, 4.69) is 15.1 Å². The Balaban J connectivity index is 1.78. The topological polar surface area (TPSA) is 79.5 Å². The van der Waals surface area contributed by atoms with Gasteiger partial charge in [-0.1, -0.05) is 5.16 Å². The molecule has 0 aliphatic carbocycles. The third-order valence-corrected chi connectivity index (χ3v) is 4.27. The summed E-state index contributed by atoms with van der Waals surface area (Å²) < 4.78 is 21.7. The molecule has 0 atom stereocenters. The van der Waals surface area contributed by atoms with Crippen molar-refractivity contribution < 1.29 is 18.7 Å². The van der Waals surface area contributed by atoms with Gasteiger partial charge in [0.2, 0.25) is 11.7 Å². The molecule has 28 heavy (non-hydrogen) atoms. The van der Waals surface area contributed by atoms with Crippen molar-refractivity contribution in [2.45, 2.75) is 6.92 Å². The molecule has 0 radical (unpaired) electrons. The molecule has 2 aromatic carbocycles. The van der Waals surface area contributed by atoms with Gasteiger partial charge in [-0.15, -0.1) is 0 Å². The maximum Gasteiger partial charge on any atom is 0.258 e. The van der Waals surface area contributed by atoms with Crippen LogP contribution in [0.4, 0.5) is 0 Å². The van der Waals surface area contributed by atoms with E-state index >= 15 is 0 Å². The molecule has 0 saturated heterocycles. The molecule has 0 fully saturated rings. The Bertz CT molecular complexity index is 1110. The smallest absolute Gasteiger partial charge is 0.258 e. The SMILES string of the molecule is CCOc1nc2ccc(OC)cc2cc1-c1noc(-c2ccc(OC)cc2)n1. The van der Waals surface area contributed by atoms with Crippen LogP contribution in [0.15, 0.2) is 53.1 Å². The van der Waals surface area contributed by atoms with Crippen molar-refractivity contribution in [3.05, 3.63) is 48.5 Å². The van der Waals surface area contributed by atoms with E-state index in [9.17, 15) is 0 Å². The summed E-state index contributed by atoms with van der Waals surface area (Å²) in [5.74, 6) is 2.78. The zero-order chi connectivity index (χ0) is 19.5. The summed E-state index contributed by atoms with van der Waals surface area (Å²) in [7, 11) is 3.25. The lowest BCUT2D eigenvalue weighted by Crippen LogP contribution is -1.98. The van der Waals surface area contributed by atoms with E-state index < -0.39 is 0 Å². The van der Waals surface area contributed by atoms with Crippen LogP contribution in [0.1, 0.15) is 6.92 Å². The van der Waals surface area contributed by atoms with Gasteiger partial charge in [-0.25, -0.2) is 4.98 Å². The summed E-state index contributed by atoms with van der Waals surface area (Å²) in [6.07, 6.45) is 0. The first-order valence-electron chi connectivity index (χ1n) is 8.82. The van der Waals surface area contributed by atoms with Crippen molar-refractivity contribution in [1.82, 2.24) is 15.1 Å². The maximum atomic E-state index is 5.72. The number of hydrogen-bond acceptors (Lipinski definition) is 7. The number of nitrogens with zero attached hydrogens (tertiary/aromatic N) is 3. The number of hydrogen-bond donors (Lipinski definition) is 0. The molecule has 0 N–H and O–H groups in total. The number of methoxy groups -OCH3 is 2. The average Bonchev–Trinajstić information content (AvgIpc) is 3.23. The van der Waals surface area contributed by atoms with Crippen LogP contribution in [0, 0.1) is 0 Å². The molecule has 2 heterocycles. The van der Waals surface area contributed by atoms with Crippen LogP contribution in [-0.4, -0.2) is 36.0 Å².